The molecule has 2 aromatic rings. The second kappa shape index (κ2) is 6.22. The molecule has 1 fully saturated rings. The molecule has 6 heteroatoms. The molecule has 1 aliphatic heterocycles. The fourth-order valence-corrected chi connectivity index (χ4v) is 2.96. The molecule has 1 aromatic heterocycles. The number of aromatic nitrogens is 4. The number of hydrogen-bond donors (Lipinski definition) is 1. The fraction of sp³-hybridized carbons (Fsp3) is 0.533. The Bertz CT molecular complexity index is 559. The molecule has 112 valence electrons. The maximum Gasteiger partial charge on any atom is 0.143 e. The van der Waals surface area contributed by atoms with Crippen molar-refractivity contribution in [3.63, 3.8) is 0 Å². The van der Waals surface area contributed by atoms with Crippen LogP contribution in [0.25, 0.3) is 5.69 Å². The Morgan fingerprint density at radius 2 is 2.00 bits per heavy atom. The highest BCUT2D eigenvalue weighted by Crippen LogP contribution is 2.25. The smallest absolute Gasteiger partial charge is 0.143 e. The monoisotopic (exact) mass is 286 g/mol. The van der Waals surface area contributed by atoms with Crippen LogP contribution in [0, 0.1) is 5.92 Å². The van der Waals surface area contributed by atoms with Crippen molar-refractivity contribution in [1.82, 2.24) is 25.1 Å². The standard InChI is InChI=1S/C15H22N6/c1-12(13-7-9-20(2)10-8-13)17-14-5-3-4-6-15(14)21-11-16-18-19-21/h3-6,11-13,17H,7-10H2,1-2H3. The number of likely N-dealkylation sites (tertiary alicyclic amines) is 1. The molecule has 6 nitrogen and oxygen atoms in total. The molecule has 0 radical (unpaired) electrons. The minimum atomic E-state index is 0.441. The summed E-state index contributed by atoms with van der Waals surface area (Å²) in [6.07, 6.45) is 4.12. The van der Waals surface area contributed by atoms with E-state index in [2.05, 4.69) is 45.8 Å². The van der Waals surface area contributed by atoms with Crippen LogP contribution in [0.5, 0.6) is 0 Å². The number of benzene rings is 1. The zero-order valence-corrected chi connectivity index (χ0v) is 12.6. The second-order valence-corrected chi connectivity index (χ2v) is 5.85. The first-order valence-electron chi connectivity index (χ1n) is 7.51. The summed E-state index contributed by atoms with van der Waals surface area (Å²) < 4.78 is 1.70. The number of piperidine rings is 1. The Morgan fingerprint density at radius 1 is 1.24 bits per heavy atom. The zero-order valence-electron chi connectivity index (χ0n) is 12.6. The first-order valence-corrected chi connectivity index (χ1v) is 7.51. The average molecular weight is 286 g/mol. The Morgan fingerprint density at radius 3 is 2.71 bits per heavy atom. The molecule has 1 saturated heterocycles. The van der Waals surface area contributed by atoms with Crippen LogP contribution < -0.4 is 5.32 Å². The molecule has 21 heavy (non-hydrogen) atoms. The van der Waals surface area contributed by atoms with Crippen molar-refractivity contribution in [3.05, 3.63) is 30.6 Å². The molecule has 1 aliphatic rings. The Balaban J connectivity index is 1.73. The van der Waals surface area contributed by atoms with Crippen molar-refractivity contribution < 1.29 is 0 Å². The summed E-state index contributed by atoms with van der Waals surface area (Å²) in [6.45, 7) is 4.64. The lowest BCUT2D eigenvalue weighted by atomic mass is 9.90. The van der Waals surface area contributed by atoms with Gasteiger partial charge in [-0.3, -0.25) is 0 Å². The maximum atomic E-state index is 3.99. The summed E-state index contributed by atoms with van der Waals surface area (Å²) in [6, 6.07) is 8.60. The lowest BCUT2D eigenvalue weighted by molar-refractivity contribution is 0.208. The van der Waals surface area contributed by atoms with E-state index in [1.807, 2.05) is 18.2 Å². The van der Waals surface area contributed by atoms with Crippen LogP contribution in [0.3, 0.4) is 0 Å². The van der Waals surface area contributed by atoms with Gasteiger partial charge in [0.1, 0.15) is 6.33 Å². The fourth-order valence-electron chi connectivity index (χ4n) is 2.96. The minimum Gasteiger partial charge on any atom is -0.381 e. The van der Waals surface area contributed by atoms with Crippen LogP contribution in [0.2, 0.25) is 0 Å². The van der Waals surface area contributed by atoms with Crippen LogP contribution >= 0.6 is 0 Å². The van der Waals surface area contributed by atoms with Crippen molar-refractivity contribution in [1.29, 1.82) is 0 Å². The number of hydrogen-bond acceptors (Lipinski definition) is 5. The third-order valence-electron chi connectivity index (χ3n) is 4.35. The highest BCUT2D eigenvalue weighted by Gasteiger charge is 2.22. The molecule has 1 atom stereocenters. The third-order valence-corrected chi connectivity index (χ3v) is 4.35. The molecule has 1 N–H and O–H groups in total. The van der Waals surface area contributed by atoms with Gasteiger partial charge in [0.2, 0.25) is 0 Å². The Kier molecular flexibility index (Phi) is 4.15. The molecule has 0 spiro atoms. The summed E-state index contributed by atoms with van der Waals surface area (Å²) in [7, 11) is 2.20. The van der Waals surface area contributed by atoms with Gasteiger partial charge in [-0.25, -0.2) is 0 Å². The highest BCUT2D eigenvalue weighted by atomic mass is 15.5. The largest absolute Gasteiger partial charge is 0.381 e. The molecular weight excluding hydrogens is 264 g/mol. The van der Waals surface area contributed by atoms with Crippen molar-refractivity contribution in [2.45, 2.75) is 25.8 Å². The highest BCUT2D eigenvalue weighted by molar-refractivity contribution is 5.60. The molecule has 1 unspecified atom stereocenters. The molecule has 0 amide bonds. The molecule has 2 heterocycles. The lowest BCUT2D eigenvalue weighted by Crippen LogP contribution is -2.37. The molecule has 0 bridgehead atoms. The predicted octanol–water partition coefficient (Wildman–Crippen LogP) is 1.80. The number of nitrogens with zero attached hydrogens (tertiary/aromatic N) is 5. The van der Waals surface area contributed by atoms with Crippen molar-refractivity contribution in [3.8, 4) is 5.69 Å². The third kappa shape index (κ3) is 3.21. The minimum absolute atomic E-state index is 0.441. The summed E-state index contributed by atoms with van der Waals surface area (Å²) in [5.41, 5.74) is 2.07. The van der Waals surface area contributed by atoms with Crippen molar-refractivity contribution in [2.75, 3.05) is 25.5 Å². The van der Waals surface area contributed by atoms with Crippen molar-refractivity contribution >= 4 is 5.69 Å². The average Bonchev–Trinajstić information content (AvgIpc) is 3.02. The quantitative estimate of drug-likeness (QED) is 0.929. The van der Waals surface area contributed by atoms with E-state index in [4.69, 9.17) is 0 Å². The summed E-state index contributed by atoms with van der Waals surface area (Å²) in [4.78, 5) is 2.40. The van der Waals surface area contributed by atoms with Gasteiger partial charge in [0, 0.05) is 6.04 Å². The number of tetrazole rings is 1. The topological polar surface area (TPSA) is 58.9 Å². The number of nitrogens with one attached hydrogen (secondary N) is 1. The number of para-hydroxylation sites is 2. The second-order valence-electron chi connectivity index (χ2n) is 5.85. The molecule has 0 aliphatic carbocycles. The van der Waals surface area contributed by atoms with Crippen LogP contribution in [-0.4, -0.2) is 51.3 Å². The van der Waals surface area contributed by atoms with E-state index in [9.17, 15) is 0 Å². The van der Waals surface area contributed by atoms with Gasteiger partial charge in [-0.15, -0.1) is 5.10 Å². The van der Waals surface area contributed by atoms with Gasteiger partial charge >= 0.3 is 0 Å². The van der Waals surface area contributed by atoms with Gasteiger partial charge < -0.3 is 10.2 Å². The normalized spacial score (nSPS) is 18.6. The zero-order chi connectivity index (χ0) is 14.7. The van der Waals surface area contributed by atoms with Gasteiger partial charge in [-0.2, -0.15) is 4.68 Å². The summed E-state index contributed by atoms with van der Waals surface area (Å²) in [5.74, 6) is 0.711. The molecular formula is C15H22N6. The van der Waals surface area contributed by atoms with Crippen LogP contribution in [-0.2, 0) is 0 Å². The first-order chi connectivity index (χ1) is 10.2. The van der Waals surface area contributed by atoms with Crippen LogP contribution in [0.1, 0.15) is 19.8 Å². The molecule has 0 saturated carbocycles. The van der Waals surface area contributed by atoms with E-state index in [1.54, 1.807) is 11.0 Å². The van der Waals surface area contributed by atoms with Crippen LogP contribution in [0.15, 0.2) is 30.6 Å². The van der Waals surface area contributed by atoms with Gasteiger partial charge in [-0.1, -0.05) is 12.1 Å². The Labute approximate surface area is 125 Å². The van der Waals surface area contributed by atoms with E-state index in [-0.39, 0.29) is 0 Å². The Hall–Kier alpha value is -1.95. The number of anilines is 1. The predicted molar refractivity (Wildman–Crippen MR) is 82.5 cm³/mol. The maximum absolute atomic E-state index is 3.99. The van der Waals surface area contributed by atoms with E-state index in [1.165, 1.54) is 25.9 Å². The summed E-state index contributed by atoms with van der Waals surface area (Å²) >= 11 is 0. The van der Waals surface area contributed by atoms with E-state index < -0.39 is 0 Å². The van der Waals surface area contributed by atoms with E-state index in [0.717, 1.165) is 11.4 Å². The van der Waals surface area contributed by atoms with Gasteiger partial charge in [0.05, 0.1) is 11.4 Å². The van der Waals surface area contributed by atoms with Crippen molar-refractivity contribution in [2.24, 2.45) is 5.92 Å². The van der Waals surface area contributed by atoms with Gasteiger partial charge in [0.15, 0.2) is 0 Å². The van der Waals surface area contributed by atoms with Crippen LogP contribution in [0.4, 0.5) is 5.69 Å². The molecule has 1 aromatic carbocycles. The first kappa shape index (κ1) is 14.0. The number of rotatable bonds is 4. The lowest BCUT2D eigenvalue weighted by Gasteiger charge is -2.33. The SMILES string of the molecule is CC(Nc1ccccc1-n1cnnn1)C1CCN(C)CC1. The molecule has 3 rings (SSSR count). The van der Waals surface area contributed by atoms with E-state index in [0.29, 0.717) is 12.0 Å². The summed E-state index contributed by atoms with van der Waals surface area (Å²) in [5, 5.41) is 15.1. The van der Waals surface area contributed by atoms with Gasteiger partial charge in [0.25, 0.3) is 0 Å². The van der Waals surface area contributed by atoms with Gasteiger partial charge in [-0.05, 0) is 68.4 Å². The van der Waals surface area contributed by atoms with E-state index >= 15 is 0 Å².